The van der Waals surface area contributed by atoms with Gasteiger partial charge >= 0.3 is 0 Å². The molecule has 22 heavy (non-hydrogen) atoms. The van der Waals surface area contributed by atoms with Crippen LogP contribution in [0.25, 0.3) is 11.3 Å². The lowest BCUT2D eigenvalue weighted by Gasteiger charge is -2.30. The first-order valence-corrected chi connectivity index (χ1v) is 7.92. The molecular weight excluding hydrogens is 268 g/mol. The van der Waals surface area contributed by atoms with Gasteiger partial charge in [-0.25, -0.2) is 0 Å². The van der Waals surface area contributed by atoms with E-state index in [4.69, 9.17) is 0 Å². The van der Waals surface area contributed by atoms with Crippen LogP contribution in [0.5, 0.6) is 0 Å². The van der Waals surface area contributed by atoms with Crippen molar-refractivity contribution < 1.29 is 0 Å². The number of fused-ring (bicyclic) bond motifs is 1. The molecule has 1 aliphatic rings. The van der Waals surface area contributed by atoms with Crippen molar-refractivity contribution in [2.75, 3.05) is 11.4 Å². The topological polar surface area (TPSA) is 19.0 Å². The maximum absolute atomic E-state index is 3.43. The Morgan fingerprint density at radius 3 is 2.68 bits per heavy atom. The second kappa shape index (κ2) is 5.38. The molecule has 3 aromatic rings. The van der Waals surface area contributed by atoms with Crippen LogP contribution < -0.4 is 4.90 Å². The van der Waals surface area contributed by atoms with Gasteiger partial charge in [-0.3, -0.25) is 0 Å². The SMILES string of the molecule is Cc1ccc(-c2cc(N3CCCc4ccccc43)c[nH]2)cc1. The lowest BCUT2D eigenvalue weighted by molar-refractivity contribution is 0.767. The molecule has 2 heterocycles. The number of aromatic nitrogens is 1. The largest absolute Gasteiger partial charge is 0.359 e. The fourth-order valence-corrected chi connectivity index (χ4v) is 3.24. The number of nitrogens with one attached hydrogen (secondary N) is 1. The van der Waals surface area contributed by atoms with Gasteiger partial charge in [-0.2, -0.15) is 0 Å². The van der Waals surface area contributed by atoms with Crippen LogP contribution in [0.2, 0.25) is 0 Å². The molecule has 110 valence electrons. The van der Waals surface area contributed by atoms with Gasteiger partial charge in [0.15, 0.2) is 0 Å². The number of rotatable bonds is 2. The summed E-state index contributed by atoms with van der Waals surface area (Å²) in [6.45, 7) is 3.21. The van der Waals surface area contributed by atoms with Gasteiger partial charge in [-0.1, -0.05) is 48.0 Å². The number of H-pyrrole nitrogens is 1. The molecule has 0 aliphatic carbocycles. The normalized spacial score (nSPS) is 14.0. The Bertz CT molecular complexity index is 783. The number of para-hydroxylation sites is 1. The highest BCUT2D eigenvalue weighted by Gasteiger charge is 2.18. The van der Waals surface area contributed by atoms with Crippen LogP contribution in [-0.4, -0.2) is 11.5 Å². The summed E-state index contributed by atoms with van der Waals surface area (Å²) in [6, 6.07) is 19.7. The lowest BCUT2D eigenvalue weighted by atomic mass is 10.0. The maximum atomic E-state index is 3.43. The lowest BCUT2D eigenvalue weighted by Crippen LogP contribution is -2.23. The summed E-state index contributed by atoms with van der Waals surface area (Å²) in [7, 11) is 0. The zero-order valence-corrected chi connectivity index (χ0v) is 12.8. The van der Waals surface area contributed by atoms with Crippen LogP contribution >= 0.6 is 0 Å². The minimum absolute atomic E-state index is 1.09. The first-order valence-electron chi connectivity index (χ1n) is 7.92. The van der Waals surface area contributed by atoms with Gasteiger partial charge < -0.3 is 9.88 Å². The zero-order valence-electron chi connectivity index (χ0n) is 12.8. The van der Waals surface area contributed by atoms with Crippen molar-refractivity contribution in [3.63, 3.8) is 0 Å². The molecular formula is C20H20N2. The van der Waals surface area contributed by atoms with Crippen LogP contribution in [0.4, 0.5) is 11.4 Å². The maximum Gasteiger partial charge on any atom is 0.0594 e. The van der Waals surface area contributed by atoms with E-state index in [1.165, 1.54) is 46.6 Å². The van der Waals surface area contributed by atoms with E-state index in [1.807, 2.05) is 0 Å². The van der Waals surface area contributed by atoms with Crippen molar-refractivity contribution in [3.8, 4) is 11.3 Å². The minimum Gasteiger partial charge on any atom is -0.359 e. The number of nitrogens with zero attached hydrogens (tertiary/aromatic N) is 1. The fourth-order valence-electron chi connectivity index (χ4n) is 3.24. The summed E-state index contributed by atoms with van der Waals surface area (Å²) in [5.74, 6) is 0. The highest BCUT2D eigenvalue weighted by molar-refractivity contribution is 5.72. The summed E-state index contributed by atoms with van der Waals surface area (Å²) in [5, 5.41) is 0. The van der Waals surface area contributed by atoms with Crippen LogP contribution in [-0.2, 0) is 6.42 Å². The van der Waals surface area contributed by atoms with Crippen molar-refractivity contribution >= 4 is 11.4 Å². The number of hydrogen-bond acceptors (Lipinski definition) is 1. The number of anilines is 2. The molecule has 0 atom stereocenters. The zero-order chi connectivity index (χ0) is 14.9. The average molecular weight is 288 g/mol. The summed E-state index contributed by atoms with van der Waals surface area (Å²) in [6.07, 6.45) is 4.52. The second-order valence-corrected chi connectivity index (χ2v) is 6.02. The molecule has 0 unspecified atom stereocenters. The summed E-state index contributed by atoms with van der Waals surface area (Å²) in [5.41, 5.74) is 7.76. The van der Waals surface area contributed by atoms with Gasteiger partial charge in [-0.15, -0.1) is 0 Å². The Kier molecular flexibility index (Phi) is 3.23. The van der Waals surface area contributed by atoms with E-state index in [0.29, 0.717) is 0 Å². The third-order valence-electron chi connectivity index (χ3n) is 4.45. The Morgan fingerprint density at radius 2 is 1.82 bits per heavy atom. The molecule has 0 spiro atoms. The van der Waals surface area contributed by atoms with E-state index < -0.39 is 0 Å². The van der Waals surface area contributed by atoms with Crippen LogP contribution in [0, 0.1) is 6.92 Å². The standard InChI is InChI=1S/C20H20N2/c1-15-8-10-16(11-9-15)19-13-18(14-21-19)22-12-4-6-17-5-2-3-7-20(17)22/h2-3,5,7-11,13-14,21H,4,6,12H2,1H3. The molecule has 0 amide bonds. The molecule has 2 aromatic carbocycles. The highest BCUT2D eigenvalue weighted by atomic mass is 15.1. The van der Waals surface area contributed by atoms with Gasteiger partial charge in [0.1, 0.15) is 0 Å². The van der Waals surface area contributed by atoms with E-state index in [-0.39, 0.29) is 0 Å². The molecule has 0 radical (unpaired) electrons. The highest BCUT2D eigenvalue weighted by Crippen LogP contribution is 2.35. The number of aryl methyl sites for hydroxylation is 2. The number of hydrogen-bond donors (Lipinski definition) is 1. The minimum atomic E-state index is 1.09. The summed E-state index contributed by atoms with van der Waals surface area (Å²) < 4.78 is 0. The molecule has 0 fully saturated rings. The Morgan fingerprint density at radius 1 is 1.00 bits per heavy atom. The quantitative estimate of drug-likeness (QED) is 0.697. The molecule has 1 aromatic heterocycles. The molecule has 0 bridgehead atoms. The van der Waals surface area contributed by atoms with Gasteiger partial charge in [0.2, 0.25) is 0 Å². The second-order valence-electron chi connectivity index (χ2n) is 6.02. The molecule has 2 nitrogen and oxygen atoms in total. The van der Waals surface area contributed by atoms with E-state index >= 15 is 0 Å². The van der Waals surface area contributed by atoms with Crippen molar-refractivity contribution in [3.05, 3.63) is 71.9 Å². The Labute approximate surface area is 131 Å². The van der Waals surface area contributed by atoms with Crippen molar-refractivity contribution in [1.29, 1.82) is 0 Å². The van der Waals surface area contributed by atoms with E-state index in [9.17, 15) is 0 Å². The number of benzene rings is 2. The average Bonchev–Trinajstić information content (AvgIpc) is 3.05. The van der Waals surface area contributed by atoms with Crippen LogP contribution in [0.1, 0.15) is 17.5 Å². The third kappa shape index (κ3) is 2.31. The monoisotopic (exact) mass is 288 g/mol. The summed E-state index contributed by atoms with van der Waals surface area (Å²) >= 11 is 0. The van der Waals surface area contributed by atoms with Crippen LogP contribution in [0.15, 0.2) is 60.8 Å². The van der Waals surface area contributed by atoms with Crippen molar-refractivity contribution in [2.45, 2.75) is 19.8 Å². The molecule has 2 heteroatoms. The fraction of sp³-hybridized carbons (Fsp3) is 0.200. The first-order chi connectivity index (χ1) is 10.8. The predicted molar refractivity (Wildman–Crippen MR) is 92.7 cm³/mol. The molecule has 1 aliphatic heterocycles. The van der Waals surface area contributed by atoms with E-state index in [2.05, 4.69) is 77.6 Å². The first kappa shape index (κ1) is 13.2. The predicted octanol–water partition coefficient (Wildman–Crippen LogP) is 5.07. The van der Waals surface area contributed by atoms with E-state index in [0.717, 1.165) is 6.54 Å². The van der Waals surface area contributed by atoms with Gasteiger partial charge in [0.05, 0.1) is 5.69 Å². The van der Waals surface area contributed by atoms with Crippen LogP contribution in [0.3, 0.4) is 0 Å². The Balaban J connectivity index is 1.69. The number of aromatic amines is 1. The Hall–Kier alpha value is -2.48. The van der Waals surface area contributed by atoms with Gasteiger partial charge in [-0.05, 0) is 43.0 Å². The third-order valence-corrected chi connectivity index (χ3v) is 4.45. The molecule has 0 saturated heterocycles. The molecule has 0 saturated carbocycles. The van der Waals surface area contributed by atoms with Gasteiger partial charge in [0, 0.05) is 24.1 Å². The van der Waals surface area contributed by atoms with Gasteiger partial charge in [0.25, 0.3) is 0 Å². The van der Waals surface area contributed by atoms with Crippen molar-refractivity contribution in [2.24, 2.45) is 0 Å². The molecule has 4 rings (SSSR count). The van der Waals surface area contributed by atoms with Crippen molar-refractivity contribution in [1.82, 2.24) is 4.98 Å². The summed E-state index contributed by atoms with van der Waals surface area (Å²) in [4.78, 5) is 5.85. The molecule has 1 N–H and O–H groups in total. The van der Waals surface area contributed by atoms with E-state index in [1.54, 1.807) is 0 Å². The smallest absolute Gasteiger partial charge is 0.0594 e.